The standard InChI is InChI=1S/C12H8INO3/c13-8-1-4-12(14-6-8)17-9-2-3-10-11(5-9)16-7-15-10/h1-6H,7H2. The minimum atomic E-state index is 0.264. The lowest BCUT2D eigenvalue weighted by Crippen LogP contribution is -1.92. The van der Waals surface area contributed by atoms with E-state index in [0.29, 0.717) is 17.4 Å². The Bertz CT molecular complexity index is 542. The molecule has 1 aromatic carbocycles. The van der Waals surface area contributed by atoms with Crippen molar-refractivity contribution in [2.24, 2.45) is 0 Å². The van der Waals surface area contributed by atoms with Crippen molar-refractivity contribution in [1.29, 1.82) is 0 Å². The fourth-order valence-corrected chi connectivity index (χ4v) is 1.80. The van der Waals surface area contributed by atoms with E-state index in [1.165, 1.54) is 0 Å². The van der Waals surface area contributed by atoms with Gasteiger partial charge >= 0.3 is 0 Å². The van der Waals surface area contributed by atoms with Crippen LogP contribution in [0.3, 0.4) is 0 Å². The predicted molar refractivity (Wildman–Crippen MR) is 69.6 cm³/mol. The molecule has 0 atom stereocenters. The maximum atomic E-state index is 5.61. The second-order valence-corrected chi connectivity index (χ2v) is 4.68. The highest BCUT2D eigenvalue weighted by Crippen LogP contribution is 2.36. The van der Waals surface area contributed by atoms with Crippen molar-refractivity contribution in [3.05, 3.63) is 40.1 Å². The monoisotopic (exact) mass is 341 g/mol. The molecule has 0 unspecified atom stereocenters. The van der Waals surface area contributed by atoms with Gasteiger partial charge < -0.3 is 14.2 Å². The first-order chi connectivity index (χ1) is 8.31. The van der Waals surface area contributed by atoms with E-state index in [4.69, 9.17) is 14.2 Å². The molecule has 0 amide bonds. The van der Waals surface area contributed by atoms with Crippen LogP contribution in [0.4, 0.5) is 0 Å². The Morgan fingerprint density at radius 3 is 2.82 bits per heavy atom. The molecule has 1 aliphatic rings. The Hall–Kier alpha value is -1.50. The van der Waals surface area contributed by atoms with Gasteiger partial charge in [0.05, 0.1) is 0 Å². The zero-order valence-corrected chi connectivity index (χ0v) is 10.9. The molecule has 0 saturated carbocycles. The van der Waals surface area contributed by atoms with Crippen molar-refractivity contribution in [3.63, 3.8) is 0 Å². The molecule has 0 fully saturated rings. The molecule has 1 aliphatic heterocycles. The first-order valence-electron chi connectivity index (χ1n) is 5.00. The van der Waals surface area contributed by atoms with Crippen molar-refractivity contribution < 1.29 is 14.2 Å². The minimum absolute atomic E-state index is 0.264. The molecule has 0 bridgehead atoms. The van der Waals surface area contributed by atoms with Crippen LogP contribution >= 0.6 is 22.6 Å². The van der Waals surface area contributed by atoms with Crippen LogP contribution in [0.2, 0.25) is 0 Å². The van der Waals surface area contributed by atoms with Crippen molar-refractivity contribution in [2.45, 2.75) is 0 Å². The lowest BCUT2D eigenvalue weighted by Gasteiger charge is -2.05. The maximum absolute atomic E-state index is 5.61. The summed E-state index contributed by atoms with van der Waals surface area (Å²) in [6, 6.07) is 9.21. The summed E-state index contributed by atoms with van der Waals surface area (Å²) in [7, 11) is 0. The second-order valence-electron chi connectivity index (χ2n) is 3.43. The molecule has 1 aromatic heterocycles. The van der Waals surface area contributed by atoms with E-state index in [9.17, 15) is 0 Å². The van der Waals surface area contributed by atoms with Crippen LogP contribution in [-0.2, 0) is 0 Å². The molecule has 0 aliphatic carbocycles. The topological polar surface area (TPSA) is 40.6 Å². The Labute approximate surface area is 112 Å². The summed E-state index contributed by atoms with van der Waals surface area (Å²) in [5.41, 5.74) is 0. The van der Waals surface area contributed by atoms with Gasteiger partial charge in [0.25, 0.3) is 0 Å². The number of nitrogens with zero attached hydrogens (tertiary/aromatic N) is 1. The highest BCUT2D eigenvalue weighted by Gasteiger charge is 2.14. The summed E-state index contributed by atoms with van der Waals surface area (Å²) in [6.07, 6.45) is 1.75. The average Bonchev–Trinajstić information content (AvgIpc) is 2.79. The fraction of sp³-hybridized carbons (Fsp3) is 0.0833. The third-order valence-electron chi connectivity index (χ3n) is 2.27. The quantitative estimate of drug-likeness (QED) is 0.787. The van der Waals surface area contributed by atoms with Crippen molar-refractivity contribution in [2.75, 3.05) is 6.79 Å². The molecule has 0 saturated heterocycles. The van der Waals surface area contributed by atoms with Crippen LogP contribution in [0.25, 0.3) is 0 Å². The number of aromatic nitrogens is 1. The van der Waals surface area contributed by atoms with Crippen LogP contribution in [0, 0.1) is 3.57 Å². The first kappa shape index (κ1) is 10.6. The van der Waals surface area contributed by atoms with Gasteiger partial charge in [-0.1, -0.05) is 0 Å². The van der Waals surface area contributed by atoms with Crippen LogP contribution in [0.5, 0.6) is 23.1 Å². The highest BCUT2D eigenvalue weighted by molar-refractivity contribution is 14.1. The molecule has 2 aromatic rings. The van der Waals surface area contributed by atoms with E-state index < -0.39 is 0 Å². The number of rotatable bonds is 2. The van der Waals surface area contributed by atoms with Gasteiger partial charge in [0.15, 0.2) is 11.5 Å². The van der Waals surface area contributed by atoms with E-state index in [-0.39, 0.29) is 6.79 Å². The normalized spacial score (nSPS) is 12.5. The summed E-state index contributed by atoms with van der Waals surface area (Å²) in [5, 5.41) is 0. The maximum Gasteiger partial charge on any atom is 0.231 e. The average molecular weight is 341 g/mol. The highest BCUT2D eigenvalue weighted by atomic mass is 127. The number of hydrogen-bond acceptors (Lipinski definition) is 4. The largest absolute Gasteiger partial charge is 0.454 e. The van der Waals surface area contributed by atoms with Crippen molar-refractivity contribution in [3.8, 4) is 23.1 Å². The van der Waals surface area contributed by atoms with Gasteiger partial charge in [0, 0.05) is 21.9 Å². The van der Waals surface area contributed by atoms with E-state index in [1.807, 2.05) is 24.3 Å². The first-order valence-corrected chi connectivity index (χ1v) is 6.08. The summed E-state index contributed by atoms with van der Waals surface area (Å²) in [4.78, 5) is 4.17. The fourth-order valence-electron chi connectivity index (χ4n) is 1.48. The number of benzene rings is 1. The summed E-state index contributed by atoms with van der Waals surface area (Å²) in [6.45, 7) is 0.264. The van der Waals surface area contributed by atoms with Gasteiger partial charge in [-0.2, -0.15) is 0 Å². The molecule has 3 rings (SSSR count). The molecule has 4 nitrogen and oxygen atoms in total. The third-order valence-corrected chi connectivity index (χ3v) is 2.90. The molecule has 0 N–H and O–H groups in total. The smallest absolute Gasteiger partial charge is 0.231 e. The number of hydrogen-bond donors (Lipinski definition) is 0. The van der Waals surface area contributed by atoms with Crippen molar-refractivity contribution >= 4 is 22.6 Å². The van der Waals surface area contributed by atoms with Crippen LogP contribution in [0.15, 0.2) is 36.5 Å². The van der Waals surface area contributed by atoms with E-state index in [1.54, 1.807) is 12.3 Å². The van der Waals surface area contributed by atoms with Gasteiger partial charge in [0.2, 0.25) is 12.7 Å². The molecule has 86 valence electrons. The van der Waals surface area contributed by atoms with Gasteiger partial charge in [0.1, 0.15) is 5.75 Å². The molecular formula is C12H8INO3. The molecule has 5 heteroatoms. The number of ether oxygens (including phenoxy) is 3. The SMILES string of the molecule is Ic1ccc(Oc2ccc3c(c2)OCO3)nc1. The molecule has 0 radical (unpaired) electrons. The van der Waals surface area contributed by atoms with E-state index >= 15 is 0 Å². The van der Waals surface area contributed by atoms with Gasteiger partial charge in [-0.15, -0.1) is 0 Å². The molecule has 0 spiro atoms. The van der Waals surface area contributed by atoms with E-state index in [0.717, 1.165) is 9.32 Å². The zero-order valence-electron chi connectivity index (χ0n) is 8.72. The number of fused-ring (bicyclic) bond motifs is 1. The summed E-state index contributed by atoms with van der Waals surface area (Å²) in [5.74, 6) is 2.69. The Morgan fingerprint density at radius 1 is 1.12 bits per heavy atom. The Kier molecular flexibility index (Phi) is 2.76. The Balaban J connectivity index is 1.83. The predicted octanol–water partition coefficient (Wildman–Crippen LogP) is 3.21. The number of halogens is 1. The van der Waals surface area contributed by atoms with Crippen LogP contribution in [0.1, 0.15) is 0 Å². The van der Waals surface area contributed by atoms with Crippen LogP contribution in [-0.4, -0.2) is 11.8 Å². The summed E-state index contributed by atoms with van der Waals surface area (Å²) >= 11 is 2.20. The lowest BCUT2D eigenvalue weighted by atomic mass is 10.3. The second kappa shape index (κ2) is 4.40. The number of pyridine rings is 1. The third kappa shape index (κ3) is 2.28. The molecular weight excluding hydrogens is 333 g/mol. The molecule has 17 heavy (non-hydrogen) atoms. The van der Waals surface area contributed by atoms with Gasteiger partial charge in [-0.3, -0.25) is 0 Å². The van der Waals surface area contributed by atoms with Gasteiger partial charge in [-0.05, 0) is 40.8 Å². The minimum Gasteiger partial charge on any atom is -0.454 e. The lowest BCUT2D eigenvalue weighted by molar-refractivity contribution is 0.174. The zero-order chi connectivity index (χ0) is 11.7. The molecule has 2 heterocycles. The van der Waals surface area contributed by atoms with Crippen molar-refractivity contribution in [1.82, 2.24) is 4.98 Å². The van der Waals surface area contributed by atoms with Gasteiger partial charge in [-0.25, -0.2) is 4.98 Å². The summed E-state index contributed by atoms with van der Waals surface area (Å²) < 4.78 is 17.2. The van der Waals surface area contributed by atoms with E-state index in [2.05, 4.69) is 27.6 Å². The Morgan fingerprint density at radius 2 is 2.00 bits per heavy atom. The van der Waals surface area contributed by atoms with Crippen LogP contribution < -0.4 is 14.2 Å².